The third-order valence-electron chi connectivity index (χ3n) is 7.09. The van der Waals surface area contributed by atoms with E-state index in [2.05, 4.69) is 11.6 Å². The summed E-state index contributed by atoms with van der Waals surface area (Å²) in [7, 11) is -4.18. The molecule has 1 atom stereocenters. The van der Waals surface area contributed by atoms with Crippen LogP contribution >= 0.6 is 34.8 Å². The molecule has 1 fully saturated rings. The molecule has 0 aromatic heterocycles. The first-order chi connectivity index (χ1) is 20.7. The average molecular weight is 681 g/mol. The van der Waals surface area contributed by atoms with Crippen molar-refractivity contribution in [3.8, 4) is 0 Å². The molecule has 1 unspecified atom stereocenters. The van der Waals surface area contributed by atoms with Crippen LogP contribution in [0.2, 0.25) is 15.1 Å². The molecule has 0 spiro atoms. The van der Waals surface area contributed by atoms with Gasteiger partial charge in [0, 0.05) is 30.3 Å². The number of nitrogens with one attached hydrogen (secondary N) is 1. The molecule has 1 aliphatic heterocycles. The molecule has 1 aliphatic rings. The van der Waals surface area contributed by atoms with E-state index in [0.29, 0.717) is 16.3 Å². The minimum atomic E-state index is -4.18. The van der Waals surface area contributed by atoms with Gasteiger partial charge in [-0.25, -0.2) is 13.2 Å². The number of aryl methyl sites for hydroxylation is 1. The van der Waals surface area contributed by atoms with E-state index in [1.165, 1.54) is 17.0 Å². The number of carbonyl (C=O) groups excluding carboxylic acids is 2. The second-order valence-corrected chi connectivity index (χ2v) is 14.6. The first-order valence-corrected chi connectivity index (χ1v) is 17.0. The summed E-state index contributed by atoms with van der Waals surface area (Å²) in [4.78, 5) is 29.8. The number of hydrogen-bond donors (Lipinski definition) is 1. The summed E-state index contributed by atoms with van der Waals surface area (Å²) < 4.78 is 35.0. The van der Waals surface area contributed by atoms with Crippen molar-refractivity contribution < 1.29 is 22.7 Å². The van der Waals surface area contributed by atoms with Crippen LogP contribution in [0.1, 0.15) is 68.1 Å². The number of ether oxygens (including phenoxy) is 1. The zero-order valence-corrected chi connectivity index (χ0v) is 28.2. The molecule has 3 aromatic rings. The van der Waals surface area contributed by atoms with E-state index >= 15 is 0 Å². The maximum atomic E-state index is 14.1. The summed E-state index contributed by atoms with van der Waals surface area (Å²) in [5.74, 6) is -0.516. The van der Waals surface area contributed by atoms with Gasteiger partial charge in [-0.3, -0.25) is 9.52 Å². The van der Waals surface area contributed by atoms with Crippen molar-refractivity contribution in [1.29, 1.82) is 0 Å². The van der Waals surface area contributed by atoms with Gasteiger partial charge in [0.15, 0.2) is 0 Å². The Bertz CT molecular complexity index is 1630. The SMILES string of the molecule is CCCCc1ccc(NS(=O)(=O)c2cc(C(=O)N3CCN(C(=O)OC(C)(C)C)CC3c3cccc(Cl)c3)c(Cl)cc2Cl)cc1. The summed E-state index contributed by atoms with van der Waals surface area (Å²) in [6, 6.07) is 16.0. The van der Waals surface area contributed by atoms with E-state index in [1.807, 2.05) is 18.2 Å². The first-order valence-electron chi connectivity index (χ1n) is 14.3. The van der Waals surface area contributed by atoms with Crippen LogP contribution in [0.15, 0.2) is 65.6 Å². The summed E-state index contributed by atoms with van der Waals surface area (Å²) >= 11 is 19.2. The van der Waals surface area contributed by atoms with Gasteiger partial charge in [-0.15, -0.1) is 0 Å². The van der Waals surface area contributed by atoms with Gasteiger partial charge in [0.1, 0.15) is 10.5 Å². The average Bonchev–Trinajstić information content (AvgIpc) is 2.95. The minimum Gasteiger partial charge on any atom is -0.444 e. The van der Waals surface area contributed by atoms with Crippen LogP contribution in [0.25, 0.3) is 0 Å². The highest BCUT2D eigenvalue weighted by Gasteiger charge is 2.37. The van der Waals surface area contributed by atoms with Crippen molar-refractivity contribution in [2.24, 2.45) is 0 Å². The van der Waals surface area contributed by atoms with Gasteiger partial charge in [-0.05, 0) is 81.1 Å². The predicted molar refractivity (Wildman–Crippen MR) is 175 cm³/mol. The van der Waals surface area contributed by atoms with Gasteiger partial charge >= 0.3 is 6.09 Å². The van der Waals surface area contributed by atoms with Crippen LogP contribution in [0.4, 0.5) is 10.5 Å². The summed E-state index contributed by atoms with van der Waals surface area (Å²) in [6.07, 6.45) is 2.50. The van der Waals surface area contributed by atoms with E-state index in [0.717, 1.165) is 24.8 Å². The number of rotatable bonds is 8. The monoisotopic (exact) mass is 679 g/mol. The van der Waals surface area contributed by atoms with Crippen LogP contribution in [-0.2, 0) is 21.2 Å². The third kappa shape index (κ3) is 8.38. The maximum Gasteiger partial charge on any atom is 0.410 e. The quantitative estimate of drug-likeness (QED) is 0.259. The van der Waals surface area contributed by atoms with E-state index in [9.17, 15) is 18.0 Å². The number of sulfonamides is 1. The van der Waals surface area contributed by atoms with Gasteiger partial charge < -0.3 is 14.5 Å². The molecular weight excluding hydrogens is 645 g/mol. The molecular formula is C32H36Cl3N3O5S. The Morgan fingerprint density at radius 1 is 0.977 bits per heavy atom. The van der Waals surface area contributed by atoms with Crippen LogP contribution in [0, 0.1) is 0 Å². The smallest absolute Gasteiger partial charge is 0.410 e. The van der Waals surface area contributed by atoms with Gasteiger partial charge in [0.2, 0.25) is 0 Å². The lowest BCUT2D eigenvalue weighted by atomic mass is 10.0. The maximum absolute atomic E-state index is 14.1. The molecule has 1 saturated heterocycles. The molecule has 1 N–H and O–H groups in total. The number of unbranched alkanes of at least 4 members (excludes halogenated alkanes) is 1. The Morgan fingerprint density at radius 3 is 2.32 bits per heavy atom. The number of anilines is 1. The fourth-order valence-electron chi connectivity index (χ4n) is 4.90. The largest absolute Gasteiger partial charge is 0.444 e. The highest BCUT2D eigenvalue weighted by Crippen LogP contribution is 2.34. The lowest BCUT2D eigenvalue weighted by Crippen LogP contribution is -2.53. The molecule has 0 bridgehead atoms. The fraction of sp³-hybridized carbons (Fsp3) is 0.375. The highest BCUT2D eigenvalue weighted by molar-refractivity contribution is 7.92. The number of benzene rings is 3. The van der Waals surface area contributed by atoms with Gasteiger partial charge in [0.25, 0.3) is 15.9 Å². The topological polar surface area (TPSA) is 96.0 Å². The molecule has 0 radical (unpaired) electrons. The molecule has 3 aromatic carbocycles. The molecule has 12 heteroatoms. The second-order valence-electron chi connectivity index (χ2n) is 11.7. The fourth-order valence-corrected chi connectivity index (χ4v) is 7.01. The normalized spacial score (nSPS) is 15.7. The number of piperazine rings is 1. The van der Waals surface area contributed by atoms with Crippen molar-refractivity contribution >= 4 is 62.5 Å². The molecule has 0 aliphatic carbocycles. The van der Waals surface area contributed by atoms with Crippen LogP contribution in [0.5, 0.6) is 0 Å². The van der Waals surface area contributed by atoms with Crippen LogP contribution in [-0.4, -0.2) is 55.5 Å². The Hall–Kier alpha value is -2.98. The number of halogens is 3. The first kappa shape index (κ1) is 33.9. The van der Waals surface area contributed by atoms with Crippen molar-refractivity contribution in [3.63, 3.8) is 0 Å². The highest BCUT2D eigenvalue weighted by atomic mass is 35.5. The Labute approximate surface area is 274 Å². The predicted octanol–water partition coefficient (Wildman–Crippen LogP) is 8.22. The standard InChI is InChI=1S/C32H36Cl3N3O5S/c1-5-6-8-21-11-13-24(14-12-21)36-44(41,42)29-18-25(26(34)19-27(29)35)30(39)38-16-15-37(31(40)43-32(2,3)4)20-28(38)22-9-7-10-23(33)17-22/h7,9-14,17-19,28,36H,5-6,8,15-16,20H2,1-4H3. The number of hydrogen-bond acceptors (Lipinski definition) is 5. The van der Waals surface area contributed by atoms with Gasteiger partial charge in [0.05, 0.1) is 21.7 Å². The lowest BCUT2D eigenvalue weighted by Gasteiger charge is -2.42. The van der Waals surface area contributed by atoms with E-state index in [4.69, 9.17) is 39.5 Å². The lowest BCUT2D eigenvalue weighted by molar-refractivity contribution is 0.00408. The molecule has 236 valence electrons. The third-order valence-corrected chi connectivity index (χ3v) is 9.49. The van der Waals surface area contributed by atoms with E-state index < -0.39 is 33.7 Å². The summed E-state index contributed by atoms with van der Waals surface area (Å²) in [5.41, 5.74) is 1.43. The molecule has 1 heterocycles. The molecule has 44 heavy (non-hydrogen) atoms. The molecule has 8 nitrogen and oxygen atoms in total. The Morgan fingerprint density at radius 2 is 1.68 bits per heavy atom. The summed E-state index contributed by atoms with van der Waals surface area (Å²) in [6.45, 7) is 7.93. The summed E-state index contributed by atoms with van der Waals surface area (Å²) in [5, 5.41) is 0.338. The van der Waals surface area contributed by atoms with Crippen molar-refractivity contribution in [3.05, 3.63) is 92.4 Å². The number of carbonyl (C=O) groups is 2. The van der Waals surface area contributed by atoms with Gasteiger partial charge in [-0.1, -0.05) is 72.4 Å². The van der Waals surface area contributed by atoms with E-state index in [-0.39, 0.29) is 40.1 Å². The van der Waals surface area contributed by atoms with Crippen molar-refractivity contribution in [1.82, 2.24) is 9.80 Å². The molecule has 2 amide bonds. The Balaban J connectivity index is 1.64. The molecule has 0 saturated carbocycles. The van der Waals surface area contributed by atoms with Crippen molar-refractivity contribution in [2.75, 3.05) is 24.4 Å². The zero-order chi connectivity index (χ0) is 32.2. The number of nitrogens with zero attached hydrogens (tertiary/aromatic N) is 2. The Kier molecular flexibility index (Phi) is 10.8. The number of amides is 2. The van der Waals surface area contributed by atoms with Crippen molar-refractivity contribution in [2.45, 2.75) is 63.5 Å². The van der Waals surface area contributed by atoms with E-state index in [1.54, 1.807) is 56.0 Å². The van der Waals surface area contributed by atoms with Gasteiger partial charge in [-0.2, -0.15) is 0 Å². The zero-order valence-electron chi connectivity index (χ0n) is 25.1. The second kappa shape index (κ2) is 14.0. The van der Waals surface area contributed by atoms with Crippen LogP contribution in [0.3, 0.4) is 0 Å². The molecule has 4 rings (SSSR count). The van der Waals surface area contributed by atoms with Crippen LogP contribution < -0.4 is 4.72 Å². The minimum absolute atomic E-state index is 0.00126.